The topological polar surface area (TPSA) is 58.6 Å². The van der Waals surface area contributed by atoms with E-state index in [0.717, 1.165) is 34.4 Å². The van der Waals surface area contributed by atoms with Crippen molar-refractivity contribution in [2.24, 2.45) is 0 Å². The van der Waals surface area contributed by atoms with Crippen LogP contribution in [0.25, 0.3) is 6.08 Å². The van der Waals surface area contributed by atoms with Gasteiger partial charge < -0.3 is 4.74 Å². The molecule has 26 heavy (non-hydrogen) atoms. The number of hydrazine groups is 1. The Morgan fingerprint density at radius 1 is 1.27 bits per heavy atom. The Balaban J connectivity index is 1.64. The Kier molecular flexibility index (Phi) is 3.92. The zero-order valence-electron chi connectivity index (χ0n) is 13.8. The summed E-state index contributed by atoms with van der Waals surface area (Å²) in [5.74, 6) is -0.827. The second-order valence-electron chi connectivity index (χ2n) is 6.24. The van der Waals surface area contributed by atoms with Crippen molar-refractivity contribution in [1.29, 1.82) is 0 Å². The predicted molar refractivity (Wildman–Crippen MR) is 95.3 cm³/mol. The summed E-state index contributed by atoms with van der Waals surface area (Å²) in [5.41, 5.74) is 4.53. The summed E-state index contributed by atoms with van der Waals surface area (Å²) in [6.07, 6.45) is 2.43. The van der Waals surface area contributed by atoms with Gasteiger partial charge in [-0.2, -0.15) is 0 Å². The van der Waals surface area contributed by atoms with Gasteiger partial charge >= 0.3 is 0 Å². The first-order valence-electron chi connectivity index (χ1n) is 8.04. The number of hydrogen-bond donors (Lipinski definition) is 1. The normalized spacial score (nSPS) is 20.3. The van der Waals surface area contributed by atoms with Crippen LogP contribution in [-0.4, -0.2) is 17.9 Å². The highest BCUT2D eigenvalue weighted by Gasteiger charge is 2.34. The van der Waals surface area contributed by atoms with Crippen molar-refractivity contribution in [1.82, 2.24) is 5.43 Å². The molecule has 1 N–H and O–H groups in total. The van der Waals surface area contributed by atoms with E-state index in [1.807, 2.05) is 19.1 Å². The lowest BCUT2D eigenvalue weighted by atomic mass is 10.0. The molecule has 0 spiro atoms. The molecular formula is C19H14ClFN2O3. The van der Waals surface area contributed by atoms with Crippen LogP contribution in [0.1, 0.15) is 18.1 Å². The third kappa shape index (κ3) is 2.82. The summed E-state index contributed by atoms with van der Waals surface area (Å²) in [5, 5.41) is 0.924. The smallest absolute Gasteiger partial charge is 0.282 e. The number of benzene rings is 2. The van der Waals surface area contributed by atoms with Crippen LogP contribution in [0.15, 0.2) is 42.0 Å². The van der Waals surface area contributed by atoms with Gasteiger partial charge in [-0.15, -0.1) is 0 Å². The van der Waals surface area contributed by atoms with E-state index in [-0.39, 0.29) is 22.4 Å². The second kappa shape index (κ2) is 6.14. The Labute approximate surface area is 154 Å². The molecule has 4 rings (SSSR count). The number of amides is 2. The minimum Gasteiger partial charge on any atom is -0.490 e. The molecule has 0 aromatic heterocycles. The number of hydrogen-bond acceptors (Lipinski definition) is 3. The lowest BCUT2D eigenvalue weighted by Gasteiger charge is -2.14. The van der Waals surface area contributed by atoms with Crippen LogP contribution < -0.4 is 15.2 Å². The molecule has 2 amide bonds. The summed E-state index contributed by atoms with van der Waals surface area (Å²) >= 11 is 5.76. The number of ether oxygens (including phenoxy) is 1. The summed E-state index contributed by atoms with van der Waals surface area (Å²) in [4.78, 5) is 24.9. The molecule has 2 aromatic rings. The van der Waals surface area contributed by atoms with Crippen molar-refractivity contribution < 1.29 is 18.7 Å². The van der Waals surface area contributed by atoms with Crippen LogP contribution in [-0.2, 0) is 16.0 Å². The van der Waals surface area contributed by atoms with Gasteiger partial charge in [0.25, 0.3) is 11.8 Å². The van der Waals surface area contributed by atoms with Crippen molar-refractivity contribution in [2.45, 2.75) is 19.4 Å². The van der Waals surface area contributed by atoms with Gasteiger partial charge in [0.15, 0.2) is 0 Å². The van der Waals surface area contributed by atoms with Crippen molar-refractivity contribution in [3.05, 3.63) is 63.9 Å². The summed E-state index contributed by atoms with van der Waals surface area (Å²) in [6, 6.07) is 9.33. The maximum Gasteiger partial charge on any atom is 0.282 e. The van der Waals surface area contributed by atoms with Gasteiger partial charge in [-0.1, -0.05) is 17.7 Å². The molecule has 0 bridgehead atoms. The molecule has 0 unspecified atom stereocenters. The van der Waals surface area contributed by atoms with Crippen molar-refractivity contribution >= 4 is 35.2 Å². The highest BCUT2D eigenvalue weighted by Crippen LogP contribution is 2.31. The fraction of sp³-hybridized carbons (Fsp3) is 0.158. The largest absolute Gasteiger partial charge is 0.490 e. The Morgan fingerprint density at radius 3 is 2.85 bits per heavy atom. The molecule has 2 aliphatic heterocycles. The average Bonchev–Trinajstić information content (AvgIpc) is 3.10. The monoisotopic (exact) mass is 372 g/mol. The third-order valence-electron chi connectivity index (χ3n) is 4.28. The van der Waals surface area contributed by atoms with Crippen LogP contribution in [0, 0.1) is 5.82 Å². The lowest BCUT2D eigenvalue weighted by molar-refractivity contribution is -0.117. The van der Waals surface area contributed by atoms with E-state index in [0.29, 0.717) is 0 Å². The summed E-state index contributed by atoms with van der Waals surface area (Å²) in [6.45, 7) is 1.98. The minimum atomic E-state index is -0.598. The number of carbonyl (C=O) groups excluding carboxylic acids is 2. The first kappa shape index (κ1) is 16.6. The third-order valence-corrected chi connectivity index (χ3v) is 4.57. The number of rotatable bonds is 2. The maximum absolute atomic E-state index is 13.3. The van der Waals surface area contributed by atoms with Gasteiger partial charge in [0, 0.05) is 6.42 Å². The molecule has 2 heterocycles. The SMILES string of the molecule is C[C@@H]1Cc2cc(/C=C3\C(=O)NN(c4ccc(F)c(Cl)c4)C3=O)ccc2O1. The summed E-state index contributed by atoms with van der Waals surface area (Å²) in [7, 11) is 0. The fourth-order valence-corrected chi connectivity index (χ4v) is 3.24. The van der Waals surface area contributed by atoms with Crippen LogP contribution in [0.3, 0.4) is 0 Å². The number of halogens is 2. The molecule has 5 nitrogen and oxygen atoms in total. The lowest BCUT2D eigenvalue weighted by Crippen LogP contribution is -2.35. The molecule has 0 saturated carbocycles. The standard InChI is InChI=1S/C19H14ClFN2O3/c1-10-6-12-7-11(2-5-17(12)26-10)8-14-18(24)22-23(19(14)25)13-3-4-16(21)15(20)9-13/h2-5,7-10H,6H2,1H3,(H,22,24)/b14-8+/t10-/m1/s1. The molecule has 0 aliphatic carbocycles. The highest BCUT2D eigenvalue weighted by molar-refractivity contribution is 6.33. The molecule has 0 radical (unpaired) electrons. The van der Waals surface area contributed by atoms with Crippen LogP contribution in [0.5, 0.6) is 5.75 Å². The fourth-order valence-electron chi connectivity index (χ4n) is 3.06. The van der Waals surface area contributed by atoms with E-state index < -0.39 is 17.6 Å². The van der Waals surface area contributed by atoms with E-state index in [2.05, 4.69) is 5.43 Å². The first-order chi connectivity index (χ1) is 12.4. The number of carbonyl (C=O) groups is 2. The van der Waals surface area contributed by atoms with Crippen molar-refractivity contribution in [3.63, 3.8) is 0 Å². The Morgan fingerprint density at radius 2 is 2.08 bits per heavy atom. The number of fused-ring (bicyclic) bond motifs is 1. The maximum atomic E-state index is 13.3. The van der Waals surface area contributed by atoms with E-state index in [9.17, 15) is 14.0 Å². The highest BCUT2D eigenvalue weighted by atomic mass is 35.5. The van der Waals surface area contributed by atoms with Gasteiger partial charge in [0.2, 0.25) is 0 Å². The Bertz CT molecular complexity index is 973. The zero-order valence-corrected chi connectivity index (χ0v) is 14.5. The van der Waals surface area contributed by atoms with Gasteiger partial charge in [0.1, 0.15) is 23.2 Å². The minimum absolute atomic E-state index is 0.00244. The molecule has 132 valence electrons. The van der Waals surface area contributed by atoms with Gasteiger partial charge in [-0.3, -0.25) is 15.0 Å². The van der Waals surface area contributed by atoms with Crippen molar-refractivity contribution in [3.8, 4) is 5.75 Å². The zero-order chi connectivity index (χ0) is 18.4. The van der Waals surface area contributed by atoms with Crippen LogP contribution >= 0.6 is 11.6 Å². The molecule has 2 aliphatic rings. The van der Waals surface area contributed by atoms with Crippen molar-refractivity contribution in [2.75, 3.05) is 5.01 Å². The molecule has 1 saturated heterocycles. The van der Waals surface area contributed by atoms with Gasteiger partial charge in [-0.25, -0.2) is 9.40 Å². The molecule has 2 aromatic carbocycles. The molecule has 7 heteroatoms. The first-order valence-corrected chi connectivity index (χ1v) is 8.42. The second-order valence-corrected chi connectivity index (χ2v) is 6.64. The average molecular weight is 373 g/mol. The molecule has 1 atom stereocenters. The van der Waals surface area contributed by atoms with Gasteiger partial charge in [0.05, 0.1) is 10.7 Å². The number of anilines is 1. The molecular weight excluding hydrogens is 359 g/mol. The number of nitrogens with zero attached hydrogens (tertiary/aromatic N) is 1. The number of nitrogens with one attached hydrogen (secondary N) is 1. The molecule has 1 fully saturated rings. The van der Waals surface area contributed by atoms with Gasteiger partial charge in [-0.05, 0) is 54.5 Å². The summed E-state index contributed by atoms with van der Waals surface area (Å²) < 4.78 is 19.0. The van der Waals surface area contributed by atoms with Crippen LogP contribution in [0.4, 0.5) is 10.1 Å². The quantitative estimate of drug-likeness (QED) is 0.650. The van der Waals surface area contributed by atoms with E-state index >= 15 is 0 Å². The van der Waals surface area contributed by atoms with E-state index in [1.54, 1.807) is 6.07 Å². The van der Waals surface area contributed by atoms with Crippen LogP contribution in [0.2, 0.25) is 5.02 Å². The van der Waals surface area contributed by atoms with E-state index in [4.69, 9.17) is 16.3 Å². The Hall–Kier alpha value is -2.86. The van der Waals surface area contributed by atoms with E-state index in [1.165, 1.54) is 18.2 Å². The predicted octanol–water partition coefficient (Wildman–Crippen LogP) is 3.26.